The van der Waals surface area contributed by atoms with Crippen molar-refractivity contribution in [2.75, 3.05) is 12.8 Å². The fraction of sp³-hybridized carbons (Fsp3) is 0.600. The zero-order valence-corrected chi connectivity index (χ0v) is 13.3. The highest BCUT2D eigenvalue weighted by Gasteiger charge is 2.39. The topological polar surface area (TPSA) is 46.2 Å². The molecule has 108 valence electrons. The van der Waals surface area contributed by atoms with Gasteiger partial charge in [-0.3, -0.25) is 0 Å². The van der Waals surface area contributed by atoms with Crippen molar-refractivity contribution in [3.05, 3.63) is 35.4 Å². The number of hydrogen-bond acceptors (Lipinski definition) is 3. The van der Waals surface area contributed by atoms with Crippen LogP contribution in [0.2, 0.25) is 0 Å². The predicted octanol–water partition coefficient (Wildman–Crippen LogP) is 2.72. The van der Waals surface area contributed by atoms with E-state index in [1.54, 1.807) is 13.8 Å². The molecule has 0 amide bonds. The van der Waals surface area contributed by atoms with Crippen molar-refractivity contribution in [3.63, 3.8) is 0 Å². The Balaban J connectivity index is 3.20. The second-order valence-corrected chi connectivity index (χ2v) is 8.06. The number of aryl methyl sites for hydroxylation is 1. The minimum atomic E-state index is -3.15. The average Bonchev–Trinajstić information content (AvgIpc) is 2.34. The Morgan fingerprint density at radius 3 is 2.05 bits per heavy atom. The summed E-state index contributed by atoms with van der Waals surface area (Å²) in [5.74, 6) is 0. The quantitative estimate of drug-likeness (QED) is 0.873. The summed E-state index contributed by atoms with van der Waals surface area (Å²) in [7, 11) is -3.15. The van der Waals surface area contributed by atoms with Crippen molar-refractivity contribution in [3.8, 4) is 0 Å². The van der Waals surface area contributed by atoms with Crippen LogP contribution in [0, 0.1) is 0 Å². The molecule has 0 radical (unpaired) electrons. The number of sulfone groups is 1. The maximum Gasteiger partial charge on any atom is 0.154 e. The number of rotatable bonds is 6. The summed E-state index contributed by atoms with van der Waals surface area (Å²) in [5.41, 5.74) is 2.28. The summed E-state index contributed by atoms with van der Waals surface area (Å²) < 4.78 is 23.2. The molecule has 0 aromatic heterocycles. The maximum atomic E-state index is 12.0. The molecule has 1 atom stereocenters. The van der Waals surface area contributed by atoms with Gasteiger partial charge in [0.15, 0.2) is 9.84 Å². The molecule has 0 saturated heterocycles. The molecule has 4 heteroatoms. The highest BCUT2D eigenvalue weighted by Crippen LogP contribution is 2.32. The Labute approximate surface area is 117 Å². The van der Waals surface area contributed by atoms with Gasteiger partial charge in [-0.25, -0.2) is 8.42 Å². The zero-order chi connectivity index (χ0) is 14.7. The molecular formula is C15H25NO2S. The van der Waals surface area contributed by atoms with Crippen LogP contribution in [0.15, 0.2) is 24.3 Å². The summed E-state index contributed by atoms with van der Waals surface area (Å²) in [6, 6.07) is 7.99. The van der Waals surface area contributed by atoms with Gasteiger partial charge in [0.05, 0.1) is 10.8 Å². The molecule has 1 N–H and O–H groups in total. The van der Waals surface area contributed by atoms with Crippen molar-refractivity contribution in [1.82, 2.24) is 5.32 Å². The number of benzene rings is 1. The highest BCUT2D eigenvalue weighted by atomic mass is 32.2. The van der Waals surface area contributed by atoms with Gasteiger partial charge in [-0.1, -0.05) is 38.1 Å². The van der Waals surface area contributed by atoms with Gasteiger partial charge in [-0.05, 0) is 37.9 Å². The smallest absolute Gasteiger partial charge is 0.154 e. The van der Waals surface area contributed by atoms with Gasteiger partial charge in [0, 0.05) is 6.26 Å². The minimum absolute atomic E-state index is 0.196. The lowest BCUT2D eigenvalue weighted by Gasteiger charge is -2.33. The van der Waals surface area contributed by atoms with Crippen molar-refractivity contribution in [1.29, 1.82) is 0 Å². The van der Waals surface area contributed by atoms with E-state index in [0.29, 0.717) is 0 Å². The van der Waals surface area contributed by atoms with E-state index in [-0.39, 0.29) is 6.04 Å². The molecule has 1 aromatic carbocycles. The lowest BCUT2D eigenvalue weighted by atomic mass is 9.94. The van der Waals surface area contributed by atoms with Crippen LogP contribution in [0.25, 0.3) is 0 Å². The predicted molar refractivity (Wildman–Crippen MR) is 81.2 cm³/mol. The summed E-state index contributed by atoms with van der Waals surface area (Å²) in [6.45, 7) is 8.40. The third-order valence-electron chi connectivity index (χ3n) is 3.78. The zero-order valence-electron chi connectivity index (χ0n) is 12.5. The fourth-order valence-electron chi connectivity index (χ4n) is 2.13. The lowest BCUT2D eigenvalue weighted by Crippen LogP contribution is -2.44. The van der Waals surface area contributed by atoms with Crippen LogP contribution in [-0.4, -0.2) is 26.0 Å². The molecule has 3 nitrogen and oxygen atoms in total. The minimum Gasteiger partial charge on any atom is -0.309 e. The third kappa shape index (κ3) is 3.57. The van der Waals surface area contributed by atoms with Gasteiger partial charge in [-0.15, -0.1) is 0 Å². The first-order chi connectivity index (χ1) is 8.74. The fourth-order valence-corrected chi connectivity index (χ4v) is 2.78. The van der Waals surface area contributed by atoms with Crippen LogP contribution >= 0.6 is 0 Å². The van der Waals surface area contributed by atoms with E-state index in [4.69, 9.17) is 0 Å². The molecule has 0 saturated carbocycles. The summed E-state index contributed by atoms with van der Waals surface area (Å²) >= 11 is 0. The Kier molecular flexibility index (Phi) is 5.16. The van der Waals surface area contributed by atoms with E-state index >= 15 is 0 Å². The van der Waals surface area contributed by atoms with Gasteiger partial charge in [0.2, 0.25) is 0 Å². The second kappa shape index (κ2) is 6.06. The summed E-state index contributed by atoms with van der Waals surface area (Å²) in [5, 5.41) is 3.30. The Bertz CT molecular complexity index is 503. The normalized spacial score (nSPS) is 14.4. The molecule has 19 heavy (non-hydrogen) atoms. The molecule has 0 aliphatic rings. The van der Waals surface area contributed by atoms with Crippen molar-refractivity contribution < 1.29 is 8.42 Å². The van der Waals surface area contributed by atoms with Gasteiger partial charge in [0.25, 0.3) is 0 Å². The molecule has 0 bridgehead atoms. The molecule has 1 unspecified atom stereocenters. The van der Waals surface area contributed by atoms with Crippen LogP contribution in [0.1, 0.15) is 44.9 Å². The summed E-state index contributed by atoms with van der Waals surface area (Å²) in [6.07, 6.45) is 2.29. The third-order valence-corrected chi connectivity index (χ3v) is 5.93. The van der Waals surface area contributed by atoms with E-state index < -0.39 is 14.6 Å². The maximum absolute atomic E-state index is 12.0. The molecule has 1 aromatic rings. The Hall–Kier alpha value is -0.870. The van der Waals surface area contributed by atoms with E-state index in [1.165, 1.54) is 11.8 Å². The number of hydrogen-bond donors (Lipinski definition) is 1. The highest BCUT2D eigenvalue weighted by molar-refractivity contribution is 7.92. The Morgan fingerprint density at radius 2 is 1.68 bits per heavy atom. The van der Waals surface area contributed by atoms with E-state index in [0.717, 1.165) is 18.5 Å². The monoisotopic (exact) mass is 283 g/mol. The van der Waals surface area contributed by atoms with Gasteiger partial charge in [0.1, 0.15) is 0 Å². The molecule has 0 spiro atoms. The standard InChI is InChI=1S/C15H25NO2S/c1-6-12-8-10-13(11-9-12)14(16-7-2)15(3,4)19(5,17)18/h8-11,14,16H,6-7H2,1-5H3. The molecular weight excluding hydrogens is 258 g/mol. The lowest BCUT2D eigenvalue weighted by molar-refractivity contribution is 0.428. The molecule has 0 aliphatic heterocycles. The first-order valence-electron chi connectivity index (χ1n) is 6.75. The van der Waals surface area contributed by atoms with Crippen LogP contribution in [0.5, 0.6) is 0 Å². The first-order valence-corrected chi connectivity index (χ1v) is 8.65. The molecule has 0 aliphatic carbocycles. The van der Waals surface area contributed by atoms with Crippen LogP contribution < -0.4 is 5.32 Å². The van der Waals surface area contributed by atoms with Crippen LogP contribution in [0.4, 0.5) is 0 Å². The number of nitrogens with one attached hydrogen (secondary N) is 1. The Morgan fingerprint density at radius 1 is 1.16 bits per heavy atom. The van der Waals surface area contributed by atoms with Crippen LogP contribution in [-0.2, 0) is 16.3 Å². The SMILES string of the molecule is CCNC(c1ccc(CC)cc1)C(C)(C)S(C)(=O)=O. The first kappa shape index (κ1) is 16.2. The van der Waals surface area contributed by atoms with Gasteiger partial charge in [-0.2, -0.15) is 0 Å². The van der Waals surface area contributed by atoms with Crippen molar-refractivity contribution in [2.24, 2.45) is 0 Å². The summed E-state index contributed by atoms with van der Waals surface area (Å²) in [4.78, 5) is 0. The van der Waals surface area contributed by atoms with Gasteiger partial charge >= 0.3 is 0 Å². The average molecular weight is 283 g/mol. The molecule has 1 rings (SSSR count). The van der Waals surface area contributed by atoms with E-state index in [1.807, 2.05) is 19.1 Å². The van der Waals surface area contributed by atoms with Crippen LogP contribution in [0.3, 0.4) is 0 Å². The molecule has 0 heterocycles. The molecule has 0 fully saturated rings. The van der Waals surface area contributed by atoms with Gasteiger partial charge < -0.3 is 5.32 Å². The largest absolute Gasteiger partial charge is 0.309 e. The van der Waals surface area contributed by atoms with E-state index in [2.05, 4.69) is 24.4 Å². The van der Waals surface area contributed by atoms with Crippen molar-refractivity contribution >= 4 is 9.84 Å². The van der Waals surface area contributed by atoms with E-state index in [9.17, 15) is 8.42 Å². The van der Waals surface area contributed by atoms with Crippen molar-refractivity contribution in [2.45, 2.75) is 44.9 Å². The second-order valence-electron chi connectivity index (χ2n) is 5.46.